The van der Waals surface area contributed by atoms with Gasteiger partial charge in [0.15, 0.2) is 0 Å². The van der Waals surface area contributed by atoms with E-state index in [9.17, 15) is 4.79 Å². The number of aromatic nitrogens is 1. The Balaban J connectivity index is 1.74. The minimum absolute atomic E-state index is 0.203. The molecule has 24 heavy (non-hydrogen) atoms. The van der Waals surface area contributed by atoms with E-state index in [-0.39, 0.29) is 12.1 Å². The van der Waals surface area contributed by atoms with Gasteiger partial charge in [0.25, 0.3) is 0 Å². The summed E-state index contributed by atoms with van der Waals surface area (Å²) in [5, 5.41) is 4.57. The standard InChI is InChI=1S/C18H27N3O2S/c1-13(16-20-14-9-6-7-10-15(14)24-16)19-11-8-12-21(5)17(22)23-18(2,3)4/h6-7,9-10,13,19H,8,11-12H2,1-5H3. The highest BCUT2D eigenvalue weighted by Gasteiger charge is 2.19. The second-order valence-corrected chi connectivity index (χ2v) is 8.01. The zero-order valence-corrected chi connectivity index (χ0v) is 15.9. The van der Waals surface area contributed by atoms with Crippen LogP contribution in [0.3, 0.4) is 0 Å². The minimum Gasteiger partial charge on any atom is -0.444 e. The minimum atomic E-state index is -0.453. The number of rotatable bonds is 6. The van der Waals surface area contributed by atoms with Crippen LogP contribution in [0, 0.1) is 0 Å². The van der Waals surface area contributed by atoms with Crippen molar-refractivity contribution in [3.63, 3.8) is 0 Å². The molecule has 6 heteroatoms. The summed E-state index contributed by atoms with van der Waals surface area (Å²) < 4.78 is 6.55. The van der Waals surface area contributed by atoms with Gasteiger partial charge in [-0.25, -0.2) is 9.78 Å². The zero-order valence-electron chi connectivity index (χ0n) is 15.1. The molecule has 0 radical (unpaired) electrons. The van der Waals surface area contributed by atoms with E-state index < -0.39 is 5.60 Å². The molecule has 1 aromatic carbocycles. The van der Waals surface area contributed by atoms with Gasteiger partial charge in [-0.05, 0) is 52.8 Å². The summed E-state index contributed by atoms with van der Waals surface area (Å²) in [5.41, 5.74) is 0.598. The predicted octanol–water partition coefficient (Wildman–Crippen LogP) is 4.20. The summed E-state index contributed by atoms with van der Waals surface area (Å²) in [7, 11) is 1.77. The molecule has 0 bridgehead atoms. The quantitative estimate of drug-likeness (QED) is 0.794. The lowest BCUT2D eigenvalue weighted by Gasteiger charge is -2.24. The number of nitrogens with zero attached hydrogens (tertiary/aromatic N) is 2. The molecule has 132 valence electrons. The molecule has 0 saturated heterocycles. The number of carbonyl (C=O) groups excluding carboxylic acids is 1. The van der Waals surface area contributed by atoms with E-state index in [1.54, 1.807) is 23.3 Å². The molecule has 1 N–H and O–H groups in total. The maximum absolute atomic E-state index is 11.9. The Hall–Kier alpha value is -1.66. The average Bonchev–Trinajstić information content (AvgIpc) is 2.93. The van der Waals surface area contributed by atoms with Gasteiger partial charge in [-0.3, -0.25) is 0 Å². The molecular formula is C18H27N3O2S. The van der Waals surface area contributed by atoms with Gasteiger partial charge in [0, 0.05) is 13.6 Å². The lowest BCUT2D eigenvalue weighted by Crippen LogP contribution is -2.35. The Kier molecular flexibility index (Phi) is 6.18. The fourth-order valence-corrected chi connectivity index (χ4v) is 3.22. The number of nitrogens with one attached hydrogen (secondary N) is 1. The Morgan fingerprint density at radius 3 is 2.75 bits per heavy atom. The number of hydrogen-bond acceptors (Lipinski definition) is 5. The van der Waals surface area contributed by atoms with Gasteiger partial charge in [0.1, 0.15) is 10.6 Å². The highest BCUT2D eigenvalue weighted by Crippen LogP contribution is 2.25. The molecule has 0 spiro atoms. The van der Waals surface area contributed by atoms with Crippen molar-refractivity contribution in [1.29, 1.82) is 0 Å². The van der Waals surface area contributed by atoms with Crippen LogP contribution in [-0.4, -0.2) is 41.7 Å². The Morgan fingerprint density at radius 2 is 2.08 bits per heavy atom. The number of fused-ring (bicyclic) bond motifs is 1. The lowest BCUT2D eigenvalue weighted by molar-refractivity contribution is 0.0297. The summed E-state index contributed by atoms with van der Waals surface area (Å²) >= 11 is 1.72. The van der Waals surface area contributed by atoms with Gasteiger partial charge >= 0.3 is 6.09 Å². The van der Waals surface area contributed by atoms with E-state index >= 15 is 0 Å². The summed E-state index contributed by atoms with van der Waals surface area (Å²) in [4.78, 5) is 18.2. The van der Waals surface area contributed by atoms with Gasteiger partial charge in [-0.1, -0.05) is 12.1 Å². The second-order valence-electron chi connectivity index (χ2n) is 6.95. The SMILES string of the molecule is CC(NCCCN(C)C(=O)OC(C)(C)C)c1nc2ccccc2s1. The molecule has 5 nitrogen and oxygen atoms in total. The summed E-state index contributed by atoms with van der Waals surface area (Å²) in [5.74, 6) is 0. The van der Waals surface area contributed by atoms with E-state index in [4.69, 9.17) is 4.74 Å². The van der Waals surface area contributed by atoms with Crippen molar-refractivity contribution in [2.75, 3.05) is 20.1 Å². The molecule has 0 aliphatic carbocycles. The molecule has 0 aliphatic heterocycles. The fourth-order valence-electron chi connectivity index (χ4n) is 2.23. The molecule has 0 aliphatic rings. The predicted molar refractivity (Wildman–Crippen MR) is 99.5 cm³/mol. The third-order valence-electron chi connectivity index (χ3n) is 3.51. The summed E-state index contributed by atoms with van der Waals surface area (Å²) in [6.45, 7) is 9.23. The number of benzene rings is 1. The van der Waals surface area contributed by atoms with E-state index in [1.807, 2.05) is 39.0 Å². The number of carbonyl (C=O) groups is 1. The molecule has 1 atom stereocenters. The average molecular weight is 350 g/mol. The van der Waals surface area contributed by atoms with Crippen LogP contribution in [0.4, 0.5) is 4.79 Å². The van der Waals surface area contributed by atoms with Gasteiger partial charge < -0.3 is 15.0 Å². The van der Waals surface area contributed by atoms with Crippen LogP contribution in [-0.2, 0) is 4.74 Å². The topological polar surface area (TPSA) is 54.5 Å². The third kappa shape index (κ3) is 5.46. The number of thiazole rings is 1. The van der Waals surface area contributed by atoms with Crippen LogP contribution in [0.1, 0.15) is 45.2 Å². The highest BCUT2D eigenvalue weighted by atomic mass is 32.1. The van der Waals surface area contributed by atoms with Crippen molar-refractivity contribution in [3.05, 3.63) is 29.3 Å². The maximum Gasteiger partial charge on any atom is 0.410 e. The monoisotopic (exact) mass is 349 g/mol. The van der Waals surface area contributed by atoms with Crippen LogP contribution < -0.4 is 5.32 Å². The highest BCUT2D eigenvalue weighted by molar-refractivity contribution is 7.18. The lowest BCUT2D eigenvalue weighted by atomic mass is 10.2. The van der Waals surface area contributed by atoms with Crippen LogP contribution >= 0.6 is 11.3 Å². The van der Waals surface area contributed by atoms with E-state index in [0.717, 1.165) is 23.5 Å². The summed E-state index contributed by atoms with van der Waals surface area (Å²) in [6.07, 6.45) is 0.590. The molecular weight excluding hydrogens is 322 g/mol. The van der Waals surface area contributed by atoms with Crippen LogP contribution in [0.5, 0.6) is 0 Å². The first kappa shape index (κ1) is 18.7. The van der Waals surface area contributed by atoms with Gasteiger partial charge in [0.2, 0.25) is 0 Å². The molecule has 1 heterocycles. The molecule has 2 aromatic rings. The van der Waals surface area contributed by atoms with Crippen LogP contribution in [0.2, 0.25) is 0 Å². The van der Waals surface area contributed by atoms with Crippen molar-refractivity contribution in [1.82, 2.24) is 15.2 Å². The van der Waals surface area contributed by atoms with E-state index in [0.29, 0.717) is 6.54 Å². The normalized spacial score (nSPS) is 13.0. The number of amides is 1. The number of ether oxygens (including phenoxy) is 1. The first-order valence-corrected chi connectivity index (χ1v) is 9.11. The molecule has 2 rings (SSSR count). The van der Waals surface area contributed by atoms with Crippen LogP contribution in [0.25, 0.3) is 10.2 Å². The second kappa shape index (κ2) is 7.94. The van der Waals surface area contributed by atoms with Gasteiger partial charge in [0.05, 0.1) is 16.3 Å². The van der Waals surface area contributed by atoms with Crippen molar-refractivity contribution < 1.29 is 9.53 Å². The fraction of sp³-hybridized carbons (Fsp3) is 0.556. The third-order valence-corrected chi connectivity index (χ3v) is 4.73. The van der Waals surface area contributed by atoms with Gasteiger partial charge in [-0.15, -0.1) is 11.3 Å². The number of hydrogen-bond donors (Lipinski definition) is 1. The molecule has 1 amide bonds. The first-order valence-electron chi connectivity index (χ1n) is 8.29. The van der Waals surface area contributed by atoms with Crippen LogP contribution in [0.15, 0.2) is 24.3 Å². The molecule has 1 unspecified atom stereocenters. The molecule has 1 aromatic heterocycles. The zero-order chi connectivity index (χ0) is 17.7. The number of para-hydroxylation sites is 1. The molecule has 0 saturated carbocycles. The summed E-state index contributed by atoms with van der Waals surface area (Å²) in [6, 6.07) is 8.39. The van der Waals surface area contributed by atoms with Crippen molar-refractivity contribution in [3.8, 4) is 0 Å². The van der Waals surface area contributed by atoms with Crippen molar-refractivity contribution in [2.24, 2.45) is 0 Å². The van der Waals surface area contributed by atoms with Gasteiger partial charge in [-0.2, -0.15) is 0 Å². The Bertz CT molecular complexity index is 645. The smallest absolute Gasteiger partial charge is 0.410 e. The first-order chi connectivity index (χ1) is 11.3. The Morgan fingerprint density at radius 1 is 1.38 bits per heavy atom. The largest absolute Gasteiger partial charge is 0.444 e. The van der Waals surface area contributed by atoms with E-state index in [1.165, 1.54) is 4.70 Å². The van der Waals surface area contributed by atoms with Crippen molar-refractivity contribution in [2.45, 2.75) is 45.8 Å². The maximum atomic E-state index is 11.9. The van der Waals surface area contributed by atoms with Crippen molar-refractivity contribution >= 4 is 27.6 Å². The Labute approximate surface area is 148 Å². The van der Waals surface area contributed by atoms with E-state index in [2.05, 4.69) is 23.3 Å². The molecule has 0 fully saturated rings.